The Morgan fingerprint density at radius 2 is 1.85 bits per heavy atom. The van der Waals surface area contributed by atoms with E-state index in [1.54, 1.807) is 13.0 Å². The molecule has 20 heavy (non-hydrogen) atoms. The number of nitrogens with two attached hydrogens (primary N) is 1. The fourth-order valence-corrected chi connectivity index (χ4v) is 2.27. The average Bonchev–Trinajstić information content (AvgIpc) is 2.39. The number of anilines is 1. The third-order valence-corrected chi connectivity index (χ3v) is 3.49. The Kier molecular flexibility index (Phi) is 4.18. The van der Waals surface area contributed by atoms with Gasteiger partial charge in [-0.25, -0.2) is 4.39 Å². The van der Waals surface area contributed by atoms with E-state index in [2.05, 4.69) is 0 Å². The Morgan fingerprint density at radius 1 is 1.20 bits per heavy atom. The van der Waals surface area contributed by atoms with Gasteiger partial charge in [0.1, 0.15) is 5.82 Å². The molecule has 104 valence electrons. The van der Waals surface area contributed by atoms with Crippen LogP contribution >= 0.6 is 0 Å². The van der Waals surface area contributed by atoms with Gasteiger partial charge >= 0.3 is 0 Å². The highest BCUT2D eigenvalue weighted by Gasteiger charge is 2.15. The number of hydrogen-bond donors (Lipinski definition) is 1. The van der Waals surface area contributed by atoms with Crippen molar-refractivity contribution in [2.75, 3.05) is 5.73 Å². The molecular weight excluding hydrogens is 253 g/mol. The molecule has 2 aromatic carbocycles. The number of aryl methyl sites for hydroxylation is 1. The van der Waals surface area contributed by atoms with Crippen molar-refractivity contribution in [3.05, 3.63) is 65.0 Å². The topological polar surface area (TPSA) is 43.1 Å². The van der Waals surface area contributed by atoms with E-state index in [-0.39, 0.29) is 17.5 Å². The molecule has 2 N–H and O–H groups in total. The zero-order valence-electron chi connectivity index (χ0n) is 11.7. The molecule has 2 rings (SSSR count). The van der Waals surface area contributed by atoms with Gasteiger partial charge in [-0.2, -0.15) is 0 Å². The minimum absolute atomic E-state index is 0.0341. The first-order chi connectivity index (χ1) is 9.47. The van der Waals surface area contributed by atoms with Gasteiger partial charge in [-0.1, -0.05) is 19.1 Å². The van der Waals surface area contributed by atoms with Gasteiger partial charge < -0.3 is 5.73 Å². The van der Waals surface area contributed by atoms with E-state index in [9.17, 15) is 9.18 Å². The fraction of sp³-hybridized carbons (Fsp3) is 0.235. The van der Waals surface area contributed by atoms with Crippen LogP contribution in [0, 0.1) is 12.7 Å². The normalized spacial score (nSPS) is 12.2. The first-order valence-corrected chi connectivity index (χ1v) is 6.62. The highest BCUT2D eigenvalue weighted by Crippen LogP contribution is 2.23. The molecule has 2 aromatic rings. The Morgan fingerprint density at radius 3 is 2.45 bits per heavy atom. The third-order valence-electron chi connectivity index (χ3n) is 3.49. The van der Waals surface area contributed by atoms with Gasteiger partial charge in [0.2, 0.25) is 0 Å². The van der Waals surface area contributed by atoms with Crippen molar-refractivity contribution in [2.45, 2.75) is 26.2 Å². The third kappa shape index (κ3) is 3.23. The Bertz CT molecular complexity index is 619. The molecule has 0 saturated carbocycles. The van der Waals surface area contributed by atoms with Crippen LogP contribution in [0.2, 0.25) is 0 Å². The number of rotatable bonds is 4. The minimum atomic E-state index is -0.314. The number of carbonyl (C=O) groups excluding carboxylic acids is 1. The van der Waals surface area contributed by atoms with Gasteiger partial charge in [-0.05, 0) is 54.3 Å². The zero-order valence-corrected chi connectivity index (χ0v) is 11.7. The molecule has 0 amide bonds. The van der Waals surface area contributed by atoms with E-state index < -0.39 is 0 Å². The SMILES string of the molecule is Cc1cc(F)ccc1C(=O)CC(C)c1ccc(N)cc1. The maximum Gasteiger partial charge on any atom is 0.163 e. The van der Waals surface area contributed by atoms with Crippen LogP contribution in [0.1, 0.15) is 40.7 Å². The van der Waals surface area contributed by atoms with Gasteiger partial charge in [0.25, 0.3) is 0 Å². The molecule has 2 nitrogen and oxygen atoms in total. The van der Waals surface area contributed by atoms with Gasteiger partial charge in [0.05, 0.1) is 0 Å². The maximum atomic E-state index is 13.1. The van der Waals surface area contributed by atoms with E-state index in [1.165, 1.54) is 12.1 Å². The number of ketones is 1. The van der Waals surface area contributed by atoms with Crippen LogP contribution in [-0.4, -0.2) is 5.78 Å². The fourth-order valence-electron chi connectivity index (χ4n) is 2.27. The summed E-state index contributed by atoms with van der Waals surface area (Å²) in [6.07, 6.45) is 0.399. The lowest BCUT2D eigenvalue weighted by atomic mass is 9.92. The monoisotopic (exact) mass is 271 g/mol. The summed E-state index contributed by atoms with van der Waals surface area (Å²) in [7, 11) is 0. The molecule has 0 radical (unpaired) electrons. The molecule has 0 spiro atoms. The summed E-state index contributed by atoms with van der Waals surface area (Å²) in [6.45, 7) is 3.76. The summed E-state index contributed by atoms with van der Waals surface area (Å²) in [4.78, 5) is 12.3. The molecule has 0 heterocycles. The summed E-state index contributed by atoms with van der Waals surface area (Å²) in [5, 5.41) is 0. The highest BCUT2D eigenvalue weighted by atomic mass is 19.1. The van der Waals surface area contributed by atoms with Crippen molar-refractivity contribution >= 4 is 11.5 Å². The van der Waals surface area contributed by atoms with Crippen LogP contribution in [0.15, 0.2) is 42.5 Å². The number of Topliss-reactive ketones (excluding diaryl/α,β-unsaturated/α-hetero) is 1. The van der Waals surface area contributed by atoms with Gasteiger partial charge in [-0.3, -0.25) is 4.79 Å². The average molecular weight is 271 g/mol. The largest absolute Gasteiger partial charge is 0.399 e. The van der Waals surface area contributed by atoms with Crippen molar-refractivity contribution in [3.8, 4) is 0 Å². The minimum Gasteiger partial charge on any atom is -0.399 e. The molecule has 1 atom stereocenters. The van der Waals surface area contributed by atoms with Crippen molar-refractivity contribution in [1.29, 1.82) is 0 Å². The molecule has 0 aromatic heterocycles. The molecule has 3 heteroatoms. The summed E-state index contributed by atoms with van der Waals surface area (Å²) >= 11 is 0. The predicted octanol–water partition coefficient (Wildman–Crippen LogP) is 4.09. The van der Waals surface area contributed by atoms with Crippen LogP contribution in [0.5, 0.6) is 0 Å². The standard InChI is InChI=1S/C17H18FNO/c1-11(13-3-6-15(19)7-4-13)10-17(20)16-8-5-14(18)9-12(16)2/h3-9,11H,10,19H2,1-2H3. The van der Waals surface area contributed by atoms with Crippen LogP contribution in [0.4, 0.5) is 10.1 Å². The number of halogens is 1. The Labute approximate surface area is 118 Å². The molecule has 0 aliphatic carbocycles. The number of nitrogen functional groups attached to an aromatic ring is 1. The Balaban J connectivity index is 2.13. The van der Waals surface area contributed by atoms with E-state index in [0.29, 0.717) is 23.2 Å². The summed E-state index contributed by atoms with van der Waals surface area (Å²) in [5.74, 6) is -0.176. The second kappa shape index (κ2) is 5.87. The number of carbonyl (C=O) groups is 1. The molecule has 1 unspecified atom stereocenters. The van der Waals surface area contributed by atoms with Crippen LogP contribution < -0.4 is 5.73 Å². The lowest BCUT2D eigenvalue weighted by Gasteiger charge is -2.12. The quantitative estimate of drug-likeness (QED) is 0.672. The first-order valence-electron chi connectivity index (χ1n) is 6.62. The van der Waals surface area contributed by atoms with E-state index in [1.807, 2.05) is 31.2 Å². The van der Waals surface area contributed by atoms with Gasteiger partial charge in [0, 0.05) is 17.7 Å². The second-order valence-electron chi connectivity index (χ2n) is 5.15. The smallest absolute Gasteiger partial charge is 0.163 e. The van der Waals surface area contributed by atoms with E-state index in [0.717, 1.165) is 5.56 Å². The van der Waals surface area contributed by atoms with Gasteiger partial charge in [0.15, 0.2) is 5.78 Å². The summed E-state index contributed by atoms with van der Waals surface area (Å²) in [5.41, 5.74) is 8.71. The highest BCUT2D eigenvalue weighted by molar-refractivity contribution is 5.97. The number of hydrogen-bond acceptors (Lipinski definition) is 2. The lowest BCUT2D eigenvalue weighted by molar-refractivity contribution is 0.0975. The molecule has 0 saturated heterocycles. The first kappa shape index (κ1) is 14.3. The predicted molar refractivity (Wildman–Crippen MR) is 79.4 cm³/mol. The van der Waals surface area contributed by atoms with Crippen molar-refractivity contribution in [2.24, 2.45) is 0 Å². The molecule has 0 aliphatic heterocycles. The molecule has 0 bridgehead atoms. The van der Waals surface area contributed by atoms with Crippen LogP contribution in [-0.2, 0) is 0 Å². The van der Waals surface area contributed by atoms with Crippen LogP contribution in [0.3, 0.4) is 0 Å². The summed E-state index contributed by atoms with van der Waals surface area (Å²) < 4.78 is 13.1. The van der Waals surface area contributed by atoms with Crippen molar-refractivity contribution < 1.29 is 9.18 Å². The number of benzene rings is 2. The second-order valence-corrected chi connectivity index (χ2v) is 5.15. The summed E-state index contributed by atoms with van der Waals surface area (Å²) in [6, 6.07) is 11.8. The molecule has 0 aliphatic rings. The molecular formula is C17H18FNO. The van der Waals surface area contributed by atoms with Crippen molar-refractivity contribution in [1.82, 2.24) is 0 Å². The lowest BCUT2D eigenvalue weighted by Crippen LogP contribution is -2.07. The van der Waals surface area contributed by atoms with Crippen LogP contribution in [0.25, 0.3) is 0 Å². The van der Waals surface area contributed by atoms with Gasteiger partial charge in [-0.15, -0.1) is 0 Å². The zero-order chi connectivity index (χ0) is 14.7. The van der Waals surface area contributed by atoms with E-state index in [4.69, 9.17) is 5.73 Å². The molecule has 0 fully saturated rings. The van der Waals surface area contributed by atoms with Crippen molar-refractivity contribution in [3.63, 3.8) is 0 Å². The maximum absolute atomic E-state index is 13.1. The van der Waals surface area contributed by atoms with E-state index >= 15 is 0 Å². The Hall–Kier alpha value is -2.16.